The predicted octanol–water partition coefficient (Wildman–Crippen LogP) is 1.14. The van der Waals surface area contributed by atoms with Gasteiger partial charge in [-0.15, -0.1) is 0 Å². The van der Waals surface area contributed by atoms with E-state index in [1.165, 1.54) is 6.42 Å². The molecule has 0 bridgehead atoms. The Bertz CT molecular complexity index is 297. The molecule has 20 heavy (non-hydrogen) atoms. The maximum Gasteiger partial charge on any atom is 0.222 e. The Kier molecular flexibility index (Phi) is 8.26. The standard InChI is InChI=1S/C15H29N3O2/c1-3-18(4-2)15(20)6-5-10-17-14(19)8-7-13-9-11-16-12-13/h13,16H,3-12H2,1-2H3,(H,17,19). The number of carbonyl (C=O) groups excluding carboxylic acids is 2. The van der Waals surface area contributed by atoms with Crippen molar-refractivity contribution in [3.63, 3.8) is 0 Å². The molecule has 1 aliphatic rings. The normalized spacial score (nSPS) is 18.0. The topological polar surface area (TPSA) is 61.4 Å². The molecule has 1 rings (SSSR count). The second kappa shape index (κ2) is 9.75. The highest BCUT2D eigenvalue weighted by atomic mass is 16.2. The molecule has 0 radical (unpaired) electrons. The number of hydrogen-bond donors (Lipinski definition) is 2. The van der Waals surface area contributed by atoms with Crippen LogP contribution < -0.4 is 10.6 Å². The quantitative estimate of drug-likeness (QED) is 0.624. The van der Waals surface area contributed by atoms with Crippen molar-refractivity contribution in [1.82, 2.24) is 15.5 Å². The van der Waals surface area contributed by atoms with Gasteiger partial charge in [0, 0.05) is 32.5 Å². The van der Waals surface area contributed by atoms with Crippen molar-refractivity contribution in [2.24, 2.45) is 5.92 Å². The zero-order valence-corrected chi connectivity index (χ0v) is 12.9. The van der Waals surface area contributed by atoms with E-state index >= 15 is 0 Å². The van der Waals surface area contributed by atoms with Crippen LogP contribution in [0.2, 0.25) is 0 Å². The van der Waals surface area contributed by atoms with Crippen LogP contribution in [-0.4, -0.2) is 49.4 Å². The number of hydrogen-bond acceptors (Lipinski definition) is 3. The van der Waals surface area contributed by atoms with Gasteiger partial charge in [0.15, 0.2) is 0 Å². The van der Waals surface area contributed by atoms with E-state index in [-0.39, 0.29) is 11.8 Å². The van der Waals surface area contributed by atoms with Gasteiger partial charge in [-0.25, -0.2) is 0 Å². The minimum absolute atomic E-state index is 0.118. The van der Waals surface area contributed by atoms with E-state index in [0.29, 0.717) is 25.3 Å². The first-order valence-electron chi connectivity index (χ1n) is 7.92. The summed E-state index contributed by atoms with van der Waals surface area (Å²) in [6.45, 7) is 8.23. The van der Waals surface area contributed by atoms with E-state index in [0.717, 1.165) is 39.0 Å². The maximum absolute atomic E-state index is 11.8. The fourth-order valence-electron chi connectivity index (χ4n) is 2.59. The fraction of sp³-hybridized carbons (Fsp3) is 0.867. The van der Waals surface area contributed by atoms with Gasteiger partial charge in [-0.2, -0.15) is 0 Å². The SMILES string of the molecule is CCN(CC)C(=O)CCCNC(=O)CCC1CCNC1. The summed E-state index contributed by atoms with van der Waals surface area (Å²) in [4.78, 5) is 25.2. The molecule has 0 spiro atoms. The van der Waals surface area contributed by atoms with Gasteiger partial charge in [-0.3, -0.25) is 9.59 Å². The van der Waals surface area contributed by atoms with Crippen molar-refractivity contribution in [2.45, 2.75) is 46.0 Å². The van der Waals surface area contributed by atoms with Crippen LogP contribution in [-0.2, 0) is 9.59 Å². The Hall–Kier alpha value is -1.10. The van der Waals surface area contributed by atoms with E-state index in [1.54, 1.807) is 0 Å². The molecule has 0 aromatic rings. The van der Waals surface area contributed by atoms with Crippen molar-refractivity contribution in [3.05, 3.63) is 0 Å². The second-order valence-corrected chi connectivity index (χ2v) is 5.42. The fourth-order valence-corrected chi connectivity index (χ4v) is 2.59. The summed E-state index contributed by atoms with van der Waals surface area (Å²) in [5.41, 5.74) is 0. The van der Waals surface area contributed by atoms with Gasteiger partial charge >= 0.3 is 0 Å². The number of rotatable bonds is 9. The number of carbonyl (C=O) groups is 2. The third kappa shape index (κ3) is 6.37. The molecular formula is C15H29N3O2. The second-order valence-electron chi connectivity index (χ2n) is 5.42. The van der Waals surface area contributed by atoms with Crippen molar-refractivity contribution in [3.8, 4) is 0 Å². The minimum atomic E-state index is 0.118. The molecule has 2 amide bonds. The lowest BCUT2D eigenvalue weighted by atomic mass is 10.0. The molecule has 1 unspecified atom stereocenters. The number of nitrogens with one attached hydrogen (secondary N) is 2. The monoisotopic (exact) mass is 283 g/mol. The van der Waals surface area contributed by atoms with Crippen LogP contribution in [0.25, 0.3) is 0 Å². The Balaban J connectivity index is 2.02. The molecule has 1 fully saturated rings. The van der Waals surface area contributed by atoms with E-state index < -0.39 is 0 Å². The highest BCUT2D eigenvalue weighted by Gasteiger charge is 2.15. The van der Waals surface area contributed by atoms with Crippen LogP contribution in [0.5, 0.6) is 0 Å². The predicted molar refractivity (Wildman–Crippen MR) is 80.4 cm³/mol. The van der Waals surface area contributed by atoms with Gasteiger partial charge in [0.25, 0.3) is 0 Å². The lowest BCUT2D eigenvalue weighted by molar-refractivity contribution is -0.131. The molecular weight excluding hydrogens is 254 g/mol. The molecule has 0 aliphatic carbocycles. The molecule has 1 aliphatic heterocycles. The Labute approximate surface area is 122 Å². The summed E-state index contributed by atoms with van der Waals surface area (Å²) in [5.74, 6) is 0.957. The van der Waals surface area contributed by atoms with Crippen LogP contribution >= 0.6 is 0 Å². The number of nitrogens with zero attached hydrogens (tertiary/aromatic N) is 1. The van der Waals surface area contributed by atoms with E-state index in [9.17, 15) is 9.59 Å². The van der Waals surface area contributed by atoms with Crippen LogP contribution in [0, 0.1) is 5.92 Å². The van der Waals surface area contributed by atoms with Gasteiger partial charge in [0.2, 0.25) is 11.8 Å². The average Bonchev–Trinajstić information content (AvgIpc) is 2.96. The largest absolute Gasteiger partial charge is 0.356 e. The maximum atomic E-state index is 11.8. The molecule has 5 heteroatoms. The summed E-state index contributed by atoms with van der Waals surface area (Å²) in [7, 11) is 0. The van der Waals surface area contributed by atoms with Gasteiger partial charge in [0.1, 0.15) is 0 Å². The van der Waals surface area contributed by atoms with Crippen molar-refractivity contribution in [1.29, 1.82) is 0 Å². The lowest BCUT2D eigenvalue weighted by Crippen LogP contribution is -2.31. The first-order chi connectivity index (χ1) is 9.67. The third-order valence-corrected chi connectivity index (χ3v) is 3.95. The van der Waals surface area contributed by atoms with Gasteiger partial charge < -0.3 is 15.5 Å². The van der Waals surface area contributed by atoms with Crippen molar-refractivity contribution < 1.29 is 9.59 Å². The lowest BCUT2D eigenvalue weighted by Gasteiger charge is -2.18. The molecule has 2 N–H and O–H groups in total. The molecule has 0 saturated carbocycles. The van der Waals surface area contributed by atoms with E-state index in [4.69, 9.17) is 0 Å². The summed E-state index contributed by atoms with van der Waals surface area (Å²) in [5, 5.41) is 6.22. The zero-order chi connectivity index (χ0) is 14.8. The summed E-state index contributed by atoms with van der Waals surface area (Å²) in [6, 6.07) is 0. The van der Waals surface area contributed by atoms with Crippen LogP contribution in [0.1, 0.15) is 46.0 Å². The minimum Gasteiger partial charge on any atom is -0.356 e. The molecule has 1 atom stereocenters. The highest BCUT2D eigenvalue weighted by molar-refractivity contribution is 5.77. The Morgan fingerprint density at radius 2 is 2.00 bits per heavy atom. The Morgan fingerprint density at radius 3 is 2.60 bits per heavy atom. The number of amides is 2. The van der Waals surface area contributed by atoms with Crippen LogP contribution in [0.15, 0.2) is 0 Å². The first-order valence-corrected chi connectivity index (χ1v) is 7.92. The molecule has 0 aromatic carbocycles. The van der Waals surface area contributed by atoms with Gasteiger partial charge in [0.05, 0.1) is 0 Å². The van der Waals surface area contributed by atoms with E-state index in [2.05, 4.69) is 10.6 Å². The van der Waals surface area contributed by atoms with Crippen LogP contribution in [0.3, 0.4) is 0 Å². The van der Waals surface area contributed by atoms with E-state index in [1.807, 2.05) is 18.7 Å². The molecule has 5 nitrogen and oxygen atoms in total. The zero-order valence-electron chi connectivity index (χ0n) is 12.9. The molecule has 116 valence electrons. The summed E-state index contributed by atoms with van der Waals surface area (Å²) >= 11 is 0. The molecule has 0 aromatic heterocycles. The average molecular weight is 283 g/mol. The first kappa shape index (κ1) is 17.0. The van der Waals surface area contributed by atoms with Crippen molar-refractivity contribution in [2.75, 3.05) is 32.7 Å². The van der Waals surface area contributed by atoms with Gasteiger partial charge in [-0.05, 0) is 52.1 Å². The highest BCUT2D eigenvalue weighted by Crippen LogP contribution is 2.13. The smallest absolute Gasteiger partial charge is 0.222 e. The third-order valence-electron chi connectivity index (χ3n) is 3.95. The summed E-state index contributed by atoms with van der Waals surface area (Å²) in [6.07, 6.45) is 4.01. The summed E-state index contributed by atoms with van der Waals surface area (Å²) < 4.78 is 0. The molecule has 1 heterocycles. The Morgan fingerprint density at radius 1 is 1.25 bits per heavy atom. The molecule has 1 saturated heterocycles. The van der Waals surface area contributed by atoms with Gasteiger partial charge in [-0.1, -0.05) is 0 Å². The van der Waals surface area contributed by atoms with Crippen LogP contribution in [0.4, 0.5) is 0 Å². The van der Waals surface area contributed by atoms with Crippen molar-refractivity contribution >= 4 is 11.8 Å².